The van der Waals surface area contributed by atoms with Crippen molar-refractivity contribution in [3.8, 4) is 0 Å². The zero-order valence-corrected chi connectivity index (χ0v) is 12.9. The highest BCUT2D eigenvalue weighted by Crippen LogP contribution is 2.22. The SMILES string of the molecule is CCCn1cc(C(=O)NO[C@H]2CCCCO2)c2ccccc21. The molecule has 2 aromatic rings. The molecule has 1 atom stereocenters. The number of fused-ring (bicyclic) bond motifs is 1. The van der Waals surface area contributed by atoms with Gasteiger partial charge in [0.15, 0.2) is 6.29 Å². The van der Waals surface area contributed by atoms with Crippen LogP contribution in [0.2, 0.25) is 0 Å². The number of hydroxylamine groups is 1. The second-order valence-electron chi connectivity index (χ2n) is 5.60. The molecule has 0 unspecified atom stereocenters. The smallest absolute Gasteiger partial charge is 0.277 e. The number of carbonyl (C=O) groups is 1. The van der Waals surface area contributed by atoms with Gasteiger partial charge in [0.1, 0.15) is 0 Å². The third-order valence-electron chi connectivity index (χ3n) is 3.92. The number of aromatic nitrogens is 1. The van der Waals surface area contributed by atoms with Crippen LogP contribution < -0.4 is 5.48 Å². The molecule has 1 aliphatic heterocycles. The predicted molar refractivity (Wildman–Crippen MR) is 84.4 cm³/mol. The van der Waals surface area contributed by atoms with Crippen molar-refractivity contribution >= 4 is 16.8 Å². The van der Waals surface area contributed by atoms with Crippen molar-refractivity contribution in [2.75, 3.05) is 6.61 Å². The molecule has 1 aromatic carbocycles. The van der Waals surface area contributed by atoms with Crippen LogP contribution >= 0.6 is 0 Å². The minimum atomic E-state index is -0.332. The zero-order valence-electron chi connectivity index (χ0n) is 12.9. The summed E-state index contributed by atoms with van der Waals surface area (Å²) in [6.07, 6.45) is 5.52. The minimum absolute atomic E-state index is 0.222. The van der Waals surface area contributed by atoms with Crippen LogP contribution in [0.15, 0.2) is 30.5 Å². The monoisotopic (exact) mass is 302 g/mol. The maximum Gasteiger partial charge on any atom is 0.277 e. The van der Waals surface area contributed by atoms with E-state index in [4.69, 9.17) is 9.57 Å². The van der Waals surface area contributed by atoms with Gasteiger partial charge in [0.05, 0.1) is 5.56 Å². The number of aryl methyl sites for hydroxylation is 1. The lowest BCUT2D eigenvalue weighted by atomic mass is 10.2. The fourth-order valence-electron chi connectivity index (χ4n) is 2.83. The highest BCUT2D eigenvalue weighted by molar-refractivity contribution is 6.06. The summed E-state index contributed by atoms with van der Waals surface area (Å²) in [6.45, 7) is 3.70. The van der Waals surface area contributed by atoms with Gasteiger partial charge in [-0.2, -0.15) is 0 Å². The van der Waals surface area contributed by atoms with E-state index in [0.29, 0.717) is 12.2 Å². The third kappa shape index (κ3) is 3.15. The molecular weight excluding hydrogens is 280 g/mol. The summed E-state index contributed by atoms with van der Waals surface area (Å²) in [4.78, 5) is 17.8. The van der Waals surface area contributed by atoms with Crippen LogP contribution in [-0.4, -0.2) is 23.4 Å². The molecule has 0 aliphatic carbocycles. The summed E-state index contributed by atoms with van der Waals surface area (Å²) in [5.74, 6) is -0.222. The van der Waals surface area contributed by atoms with E-state index < -0.39 is 0 Å². The molecular formula is C17H22N2O3. The maximum atomic E-state index is 12.4. The second kappa shape index (κ2) is 6.94. The van der Waals surface area contributed by atoms with Gasteiger partial charge in [-0.05, 0) is 25.3 Å². The van der Waals surface area contributed by atoms with Crippen LogP contribution in [0, 0.1) is 0 Å². The molecule has 3 rings (SSSR count). The fourth-order valence-corrected chi connectivity index (χ4v) is 2.83. The first kappa shape index (κ1) is 15.1. The van der Waals surface area contributed by atoms with Crippen LogP contribution in [-0.2, 0) is 16.1 Å². The molecule has 1 aromatic heterocycles. The number of hydrogen-bond acceptors (Lipinski definition) is 3. The van der Waals surface area contributed by atoms with Crippen molar-refractivity contribution in [1.29, 1.82) is 0 Å². The summed E-state index contributed by atoms with van der Waals surface area (Å²) in [5, 5.41) is 0.946. The van der Waals surface area contributed by atoms with E-state index in [-0.39, 0.29) is 12.2 Å². The van der Waals surface area contributed by atoms with Crippen LogP contribution in [0.5, 0.6) is 0 Å². The van der Waals surface area contributed by atoms with Gasteiger partial charge < -0.3 is 9.30 Å². The average Bonchev–Trinajstić information content (AvgIpc) is 2.93. The standard InChI is InChI=1S/C17H22N2O3/c1-2-10-19-12-14(13-7-3-4-8-15(13)19)17(20)18-22-16-9-5-6-11-21-16/h3-4,7-8,12,16H,2,5-6,9-11H2,1H3,(H,18,20)/t16-/m0/s1. The quantitative estimate of drug-likeness (QED) is 0.863. The molecule has 1 amide bonds. The number of nitrogens with one attached hydrogen (secondary N) is 1. The van der Waals surface area contributed by atoms with Crippen LogP contribution in [0.1, 0.15) is 43.0 Å². The van der Waals surface area contributed by atoms with Gasteiger partial charge in [-0.1, -0.05) is 25.1 Å². The summed E-state index contributed by atoms with van der Waals surface area (Å²) in [6, 6.07) is 7.93. The normalized spacial score (nSPS) is 18.5. The first-order valence-electron chi connectivity index (χ1n) is 7.95. The predicted octanol–water partition coefficient (Wildman–Crippen LogP) is 3.24. The van der Waals surface area contributed by atoms with Crippen molar-refractivity contribution < 1.29 is 14.4 Å². The van der Waals surface area contributed by atoms with E-state index in [9.17, 15) is 4.79 Å². The Bertz CT molecular complexity index is 644. The Hall–Kier alpha value is -1.85. The van der Waals surface area contributed by atoms with E-state index >= 15 is 0 Å². The second-order valence-corrected chi connectivity index (χ2v) is 5.60. The Morgan fingerprint density at radius 2 is 2.27 bits per heavy atom. The van der Waals surface area contributed by atoms with Gasteiger partial charge in [-0.25, -0.2) is 10.3 Å². The zero-order chi connectivity index (χ0) is 15.4. The molecule has 0 bridgehead atoms. The molecule has 5 nitrogen and oxygen atoms in total. The van der Waals surface area contributed by atoms with Gasteiger partial charge >= 0.3 is 0 Å². The van der Waals surface area contributed by atoms with Gasteiger partial charge in [-0.15, -0.1) is 0 Å². The molecule has 5 heteroatoms. The summed E-state index contributed by atoms with van der Waals surface area (Å²) >= 11 is 0. The maximum absolute atomic E-state index is 12.4. The van der Waals surface area contributed by atoms with Crippen LogP contribution in [0.25, 0.3) is 10.9 Å². The first-order chi connectivity index (χ1) is 10.8. The van der Waals surface area contributed by atoms with E-state index in [1.54, 1.807) is 0 Å². The molecule has 1 N–H and O–H groups in total. The molecule has 0 saturated carbocycles. The Kier molecular flexibility index (Phi) is 4.75. The van der Waals surface area contributed by atoms with Crippen LogP contribution in [0.4, 0.5) is 0 Å². The lowest BCUT2D eigenvalue weighted by Crippen LogP contribution is -2.33. The highest BCUT2D eigenvalue weighted by atomic mass is 16.8. The summed E-state index contributed by atoms with van der Waals surface area (Å²) in [5.41, 5.74) is 4.25. The van der Waals surface area contributed by atoms with E-state index in [1.807, 2.05) is 30.5 Å². The van der Waals surface area contributed by atoms with Gasteiger partial charge in [-0.3, -0.25) is 4.79 Å². The fraction of sp³-hybridized carbons (Fsp3) is 0.471. The number of rotatable bonds is 5. The highest BCUT2D eigenvalue weighted by Gasteiger charge is 2.18. The Morgan fingerprint density at radius 3 is 3.05 bits per heavy atom. The molecule has 0 radical (unpaired) electrons. The molecule has 2 heterocycles. The van der Waals surface area contributed by atoms with Crippen molar-refractivity contribution in [3.05, 3.63) is 36.0 Å². The Labute approximate surface area is 130 Å². The lowest BCUT2D eigenvalue weighted by molar-refractivity contribution is -0.186. The number of amides is 1. The van der Waals surface area contributed by atoms with Crippen molar-refractivity contribution in [3.63, 3.8) is 0 Å². The van der Waals surface area contributed by atoms with Gasteiger partial charge in [0.2, 0.25) is 0 Å². The average molecular weight is 302 g/mol. The lowest BCUT2D eigenvalue weighted by Gasteiger charge is -2.21. The molecule has 1 fully saturated rings. The van der Waals surface area contributed by atoms with Crippen LogP contribution in [0.3, 0.4) is 0 Å². The van der Waals surface area contributed by atoms with Gasteiger partial charge in [0.25, 0.3) is 5.91 Å². The molecule has 22 heavy (non-hydrogen) atoms. The summed E-state index contributed by atoms with van der Waals surface area (Å²) < 4.78 is 7.57. The topological polar surface area (TPSA) is 52.5 Å². The van der Waals surface area contributed by atoms with Crippen molar-refractivity contribution in [2.45, 2.75) is 45.4 Å². The minimum Gasteiger partial charge on any atom is -0.350 e. The summed E-state index contributed by atoms with van der Waals surface area (Å²) in [7, 11) is 0. The van der Waals surface area contributed by atoms with Crippen molar-refractivity contribution in [1.82, 2.24) is 10.0 Å². The largest absolute Gasteiger partial charge is 0.350 e. The van der Waals surface area contributed by atoms with E-state index in [1.165, 1.54) is 0 Å². The number of carbonyl (C=O) groups excluding carboxylic acids is 1. The Balaban J connectivity index is 1.75. The van der Waals surface area contributed by atoms with Gasteiger partial charge in [0, 0.05) is 36.7 Å². The number of nitrogens with zero attached hydrogens (tertiary/aromatic N) is 1. The third-order valence-corrected chi connectivity index (χ3v) is 3.92. The van der Waals surface area contributed by atoms with E-state index in [2.05, 4.69) is 17.0 Å². The molecule has 0 spiro atoms. The molecule has 1 aliphatic rings. The number of para-hydroxylation sites is 1. The first-order valence-corrected chi connectivity index (χ1v) is 7.95. The number of benzene rings is 1. The molecule has 1 saturated heterocycles. The Morgan fingerprint density at radius 1 is 1.41 bits per heavy atom. The van der Waals surface area contributed by atoms with Crippen molar-refractivity contribution in [2.24, 2.45) is 0 Å². The number of ether oxygens (including phenoxy) is 1. The molecule has 118 valence electrons. The van der Waals surface area contributed by atoms with E-state index in [0.717, 1.165) is 43.1 Å². The number of hydrogen-bond donors (Lipinski definition) is 1.